The standard InChI is InChI=1S/C13H23Cl/c1-7-13(6,14)10-8-9-11(2)12(3,4)5/h7,9H,1,8,10H2,2-6H3/b11-9+. The molecule has 0 nitrogen and oxygen atoms in total. The Morgan fingerprint density at radius 1 is 1.29 bits per heavy atom. The lowest BCUT2D eigenvalue weighted by atomic mass is 9.86. The summed E-state index contributed by atoms with van der Waals surface area (Å²) in [6, 6.07) is 0. The number of rotatable bonds is 4. The van der Waals surface area contributed by atoms with Gasteiger partial charge in [0.2, 0.25) is 0 Å². The minimum absolute atomic E-state index is 0.255. The minimum Gasteiger partial charge on any atom is -0.115 e. The summed E-state index contributed by atoms with van der Waals surface area (Å²) in [7, 11) is 0. The van der Waals surface area contributed by atoms with Gasteiger partial charge in [-0.25, -0.2) is 0 Å². The van der Waals surface area contributed by atoms with E-state index in [1.54, 1.807) is 0 Å². The van der Waals surface area contributed by atoms with E-state index in [1.165, 1.54) is 5.57 Å². The predicted molar refractivity (Wildman–Crippen MR) is 66.9 cm³/mol. The van der Waals surface area contributed by atoms with Crippen molar-refractivity contribution in [1.82, 2.24) is 0 Å². The number of allylic oxidation sites excluding steroid dienone is 3. The van der Waals surface area contributed by atoms with Crippen molar-refractivity contribution in [2.75, 3.05) is 0 Å². The maximum Gasteiger partial charge on any atom is 0.0598 e. The van der Waals surface area contributed by atoms with E-state index in [4.69, 9.17) is 11.6 Å². The van der Waals surface area contributed by atoms with Gasteiger partial charge < -0.3 is 0 Å². The van der Waals surface area contributed by atoms with Gasteiger partial charge in [0.15, 0.2) is 0 Å². The van der Waals surface area contributed by atoms with E-state index in [1.807, 2.05) is 13.0 Å². The summed E-state index contributed by atoms with van der Waals surface area (Å²) in [6.07, 6.45) is 6.07. The van der Waals surface area contributed by atoms with Crippen LogP contribution in [0.4, 0.5) is 0 Å². The Bertz CT molecular complexity index is 216. The van der Waals surface area contributed by atoms with Crippen LogP contribution in [0, 0.1) is 5.41 Å². The number of hydrogen-bond acceptors (Lipinski definition) is 0. The Labute approximate surface area is 94.0 Å². The molecule has 0 amide bonds. The monoisotopic (exact) mass is 214 g/mol. The van der Waals surface area contributed by atoms with Crippen molar-refractivity contribution in [3.63, 3.8) is 0 Å². The molecule has 0 aliphatic carbocycles. The van der Waals surface area contributed by atoms with Gasteiger partial charge in [0.05, 0.1) is 4.87 Å². The fourth-order valence-corrected chi connectivity index (χ4v) is 1.09. The summed E-state index contributed by atoms with van der Waals surface area (Å²) in [4.78, 5) is -0.255. The summed E-state index contributed by atoms with van der Waals surface area (Å²) < 4.78 is 0. The van der Waals surface area contributed by atoms with Crippen molar-refractivity contribution in [3.05, 3.63) is 24.3 Å². The summed E-state index contributed by atoms with van der Waals surface area (Å²) in [6.45, 7) is 14.6. The molecule has 0 aliphatic rings. The van der Waals surface area contributed by atoms with Crippen LogP contribution in [0.1, 0.15) is 47.5 Å². The van der Waals surface area contributed by atoms with Crippen LogP contribution < -0.4 is 0 Å². The van der Waals surface area contributed by atoms with Crippen molar-refractivity contribution >= 4 is 11.6 Å². The molecular weight excluding hydrogens is 192 g/mol. The van der Waals surface area contributed by atoms with Gasteiger partial charge in [-0.15, -0.1) is 18.2 Å². The second kappa shape index (κ2) is 5.02. The zero-order chi connectivity index (χ0) is 11.4. The van der Waals surface area contributed by atoms with E-state index in [0.29, 0.717) is 0 Å². The third-order valence-corrected chi connectivity index (χ3v) is 3.04. The van der Waals surface area contributed by atoms with E-state index in [9.17, 15) is 0 Å². The molecule has 0 rings (SSSR count). The first-order valence-electron chi connectivity index (χ1n) is 5.19. The van der Waals surface area contributed by atoms with E-state index in [-0.39, 0.29) is 10.3 Å². The molecule has 0 radical (unpaired) electrons. The van der Waals surface area contributed by atoms with Crippen molar-refractivity contribution in [3.8, 4) is 0 Å². The quantitative estimate of drug-likeness (QED) is 0.459. The molecule has 82 valence electrons. The van der Waals surface area contributed by atoms with Gasteiger partial charge in [-0.3, -0.25) is 0 Å². The van der Waals surface area contributed by atoms with E-state index < -0.39 is 0 Å². The van der Waals surface area contributed by atoms with Crippen molar-refractivity contribution in [2.45, 2.75) is 52.3 Å². The maximum absolute atomic E-state index is 6.17. The smallest absolute Gasteiger partial charge is 0.0598 e. The van der Waals surface area contributed by atoms with Gasteiger partial charge >= 0.3 is 0 Å². The molecule has 0 bridgehead atoms. The molecule has 0 aromatic carbocycles. The highest BCUT2D eigenvalue weighted by Gasteiger charge is 2.16. The second-order valence-corrected chi connectivity index (χ2v) is 6.02. The third-order valence-electron chi connectivity index (χ3n) is 2.69. The highest BCUT2D eigenvalue weighted by Crippen LogP contribution is 2.27. The Morgan fingerprint density at radius 3 is 2.14 bits per heavy atom. The molecule has 0 saturated carbocycles. The Balaban J connectivity index is 4.13. The lowest BCUT2D eigenvalue weighted by Gasteiger charge is -2.21. The molecule has 1 heteroatoms. The van der Waals surface area contributed by atoms with Crippen LogP contribution in [0.3, 0.4) is 0 Å². The van der Waals surface area contributed by atoms with Crippen molar-refractivity contribution in [1.29, 1.82) is 0 Å². The number of alkyl halides is 1. The summed E-state index contributed by atoms with van der Waals surface area (Å²) in [5.41, 5.74) is 1.70. The first kappa shape index (κ1) is 13.8. The van der Waals surface area contributed by atoms with E-state index in [2.05, 4.69) is 40.3 Å². The predicted octanol–water partition coefficient (Wildman–Crippen LogP) is 4.94. The molecule has 0 fully saturated rings. The van der Waals surface area contributed by atoms with Gasteiger partial charge in [0, 0.05) is 0 Å². The van der Waals surface area contributed by atoms with Crippen LogP contribution in [0.25, 0.3) is 0 Å². The summed E-state index contributed by atoms with van der Waals surface area (Å²) >= 11 is 6.17. The van der Waals surface area contributed by atoms with Gasteiger partial charge in [-0.05, 0) is 32.1 Å². The second-order valence-electron chi connectivity index (χ2n) is 5.16. The van der Waals surface area contributed by atoms with Gasteiger partial charge in [0.1, 0.15) is 0 Å². The zero-order valence-electron chi connectivity index (χ0n) is 10.2. The minimum atomic E-state index is -0.255. The molecule has 0 saturated heterocycles. The lowest BCUT2D eigenvalue weighted by Crippen LogP contribution is -2.11. The van der Waals surface area contributed by atoms with E-state index in [0.717, 1.165) is 12.8 Å². The van der Waals surface area contributed by atoms with Crippen molar-refractivity contribution in [2.24, 2.45) is 5.41 Å². The Hall–Kier alpha value is -0.230. The van der Waals surface area contributed by atoms with Crippen LogP contribution >= 0.6 is 11.6 Å². The molecule has 1 unspecified atom stereocenters. The highest BCUT2D eigenvalue weighted by molar-refractivity contribution is 6.24. The average Bonchev–Trinajstić information content (AvgIpc) is 2.02. The zero-order valence-corrected chi connectivity index (χ0v) is 10.9. The van der Waals surface area contributed by atoms with Crippen LogP contribution in [0.15, 0.2) is 24.3 Å². The molecule has 14 heavy (non-hydrogen) atoms. The van der Waals surface area contributed by atoms with Crippen LogP contribution in [-0.4, -0.2) is 4.87 Å². The molecular formula is C13H23Cl. The van der Waals surface area contributed by atoms with Crippen LogP contribution in [-0.2, 0) is 0 Å². The first-order valence-corrected chi connectivity index (χ1v) is 5.56. The topological polar surface area (TPSA) is 0 Å². The van der Waals surface area contributed by atoms with Crippen molar-refractivity contribution < 1.29 is 0 Å². The fraction of sp³-hybridized carbons (Fsp3) is 0.692. The Kier molecular flexibility index (Phi) is 4.94. The summed E-state index contributed by atoms with van der Waals surface area (Å²) in [5.74, 6) is 0. The largest absolute Gasteiger partial charge is 0.115 e. The van der Waals surface area contributed by atoms with Gasteiger partial charge in [0.25, 0.3) is 0 Å². The lowest BCUT2D eigenvalue weighted by molar-refractivity contribution is 0.500. The van der Waals surface area contributed by atoms with Crippen LogP contribution in [0.2, 0.25) is 0 Å². The van der Waals surface area contributed by atoms with E-state index >= 15 is 0 Å². The average molecular weight is 215 g/mol. The van der Waals surface area contributed by atoms with Gasteiger partial charge in [-0.1, -0.05) is 38.5 Å². The Morgan fingerprint density at radius 2 is 1.79 bits per heavy atom. The maximum atomic E-state index is 6.17. The molecule has 0 aliphatic heterocycles. The van der Waals surface area contributed by atoms with Crippen LogP contribution in [0.5, 0.6) is 0 Å². The number of halogens is 1. The number of hydrogen-bond donors (Lipinski definition) is 0. The molecule has 0 N–H and O–H groups in total. The molecule has 1 atom stereocenters. The summed E-state index contributed by atoms with van der Waals surface area (Å²) in [5, 5.41) is 0. The SMILES string of the molecule is C=CC(C)(Cl)CC/C=C(\C)C(C)(C)C. The molecule has 0 heterocycles. The molecule has 0 spiro atoms. The molecule has 0 aromatic rings. The highest BCUT2D eigenvalue weighted by atomic mass is 35.5. The fourth-order valence-electron chi connectivity index (χ4n) is 0.979. The van der Waals surface area contributed by atoms with Gasteiger partial charge in [-0.2, -0.15) is 0 Å². The normalized spacial score (nSPS) is 17.7. The molecule has 0 aromatic heterocycles. The third kappa shape index (κ3) is 5.49. The first-order chi connectivity index (χ1) is 6.19.